The summed E-state index contributed by atoms with van der Waals surface area (Å²) in [6.45, 7) is 5.22. The summed E-state index contributed by atoms with van der Waals surface area (Å²) < 4.78 is 0. The average Bonchev–Trinajstić information content (AvgIpc) is 3.46. The van der Waals surface area contributed by atoms with E-state index >= 15 is 0 Å². The lowest BCUT2D eigenvalue weighted by atomic mass is 9.98. The molecule has 0 saturated carbocycles. The lowest BCUT2D eigenvalue weighted by molar-refractivity contribution is -0.150. The van der Waals surface area contributed by atoms with Gasteiger partial charge in [0.25, 0.3) is 0 Å². The minimum absolute atomic E-state index is 0.0804. The molecule has 1 fully saturated rings. The number of carbonyl (C=O) groups is 3. The molecule has 0 bridgehead atoms. The quantitative estimate of drug-likeness (QED) is 0.302. The first-order valence-electron chi connectivity index (χ1n) is 15.8. The fourth-order valence-electron chi connectivity index (χ4n) is 6.14. The molecule has 1 unspecified atom stereocenters. The maximum absolute atomic E-state index is 14.6. The van der Waals surface area contributed by atoms with Gasteiger partial charge in [0, 0.05) is 45.2 Å². The predicted octanol–water partition coefficient (Wildman–Crippen LogP) is 4.65. The van der Waals surface area contributed by atoms with Crippen molar-refractivity contribution in [3.8, 4) is 0 Å². The normalized spacial score (nSPS) is 16.7. The summed E-state index contributed by atoms with van der Waals surface area (Å²) in [6.07, 6.45) is 5.92. The minimum atomic E-state index is -0.839. The van der Waals surface area contributed by atoms with Crippen LogP contribution in [-0.2, 0) is 20.8 Å². The molecule has 3 aromatic rings. The highest BCUT2D eigenvalue weighted by atomic mass is 16.2. The van der Waals surface area contributed by atoms with Gasteiger partial charge in [-0.15, -0.1) is 0 Å². The Morgan fingerprint density at radius 3 is 2.27 bits per heavy atom. The molecule has 0 aromatic heterocycles. The second kappa shape index (κ2) is 14.8. The maximum Gasteiger partial charge on any atom is 0.250 e. The van der Waals surface area contributed by atoms with Gasteiger partial charge in [-0.05, 0) is 75.2 Å². The smallest absolute Gasteiger partial charge is 0.250 e. The van der Waals surface area contributed by atoms with Crippen LogP contribution in [0, 0.1) is 0 Å². The first kappa shape index (κ1) is 33.9. The van der Waals surface area contributed by atoms with Crippen molar-refractivity contribution in [3.63, 3.8) is 0 Å². The average molecular weight is 612 g/mol. The number of rotatable bonds is 12. The highest BCUT2D eigenvalue weighted by Crippen LogP contribution is 2.29. The van der Waals surface area contributed by atoms with Crippen molar-refractivity contribution in [1.29, 1.82) is 0 Å². The SMILES string of the molecule is CN(C)C[C@@H]1CCCN1C(=O)C(c1ccccc1)N(C)C(=O)[C@@H](Cc1ccc2ccccc2c1)N(C)C(=O)/C=C/CC(C)(C)N. The topological polar surface area (TPSA) is 90.2 Å². The van der Waals surface area contributed by atoms with Crippen LogP contribution in [0.4, 0.5) is 0 Å². The fraction of sp³-hybridized carbons (Fsp3) is 0.432. The zero-order chi connectivity index (χ0) is 32.7. The summed E-state index contributed by atoms with van der Waals surface area (Å²) in [4.78, 5) is 49.5. The third-order valence-electron chi connectivity index (χ3n) is 8.57. The molecule has 1 saturated heterocycles. The standard InChI is InChI=1S/C37H49N5O3/c1-37(2,38)22-12-19-33(43)40(5)32(25-27-20-21-28-14-10-11-17-30(28)24-27)35(44)41(6)34(29-15-8-7-9-16-29)36(45)42-23-13-18-31(42)26-39(3)4/h7-12,14-17,19-21,24,31-32,34H,13,18,22-23,25-26,38H2,1-6H3/b19-12+/t31-,32+,34?/m0/s1. The Morgan fingerprint density at radius 1 is 0.933 bits per heavy atom. The van der Waals surface area contributed by atoms with Crippen LogP contribution in [0.2, 0.25) is 0 Å². The molecule has 1 aliphatic heterocycles. The van der Waals surface area contributed by atoms with Crippen LogP contribution >= 0.6 is 0 Å². The first-order chi connectivity index (χ1) is 21.4. The molecular weight excluding hydrogens is 562 g/mol. The molecule has 2 N–H and O–H groups in total. The van der Waals surface area contributed by atoms with Gasteiger partial charge in [-0.3, -0.25) is 14.4 Å². The van der Waals surface area contributed by atoms with E-state index < -0.39 is 17.6 Å². The van der Waals surface area contributed by atoms with Crippen molar-refractivity contribution >= 4 is 28.5 Å². The molecule has 3 amide bonds. The second-order valence-electron chi connectivity index (χ2n) is 13.3. The highest BCUT2D eigenvalue weighted by molar-refractivity contribution is 5.95. The molecule has 1 aliphatic rings. The molecular formula is C37H49N5O3. The third-order valence-corrected chi connectivity index (χ3v) is 8.57. The van der Waals surface area contributed by atoms with E-state index in [-0.39, 0.29) is 23.8 Å². The van der Waals surface area contributed by atoms with Gasteiger partial charge in [0.1, 0.15) is 12.1 Å². The number of likely N-dealkylation sites (N-methyl/N-ethyl adjacent to an activating group) is 3. The predicted molar refractivity (Wildman–Crippen MR) is 181 cm³/mol. The van der Waals surface area contributed by atoms with E-state index in [0.29, 0.717) is 19.4 Å². The van der Waals surface area contributed by atoms with Crippen LogP contribution in [0.15, 0.2) is 84.9 Å². The van der Waals surface area contributed by atoms with Crippen molar-refractivity contribution in [2.24, 2.45) is 5.73 Å². The van der Waals surface area contributed by atoms with Crippen LogP contribution < -0.4 is 5.73 Å². The van der Waals surface area contributed by atoms with E-state index in [0.717, 1.165) is 41.3 Å². The zero-order valence-electron chi connectivity index (χ0n) is 27.6. The number of benzene rings is 3. The summed E-state index contributed by atoms with van der Waals surface area (Å²) in [5.41, 5.74) is 7.34. The lowest BCUT2D eigenvalue weighted by Gasteiger charge is -2.37. The fourth-order valence-corrected chi connectivity index (χ4v) is 6.14. The van der Waals surface area contributed by atoms with Crippen LogP contribution in [-0.4, -0.2) is 96.2 Å². The van der Waals surface area contributed by atoms with Crippen LogP contribution in [0.25, 0.3) is 10.8 Å². The van der Waals surface area contributed by atoms with E-state index in [1.165, 1.54) is 11.0 Å². The molecule has 3 aromatic carbocycles. The molecule has 240 valence electrons. The number of fused-ring (bicyclic) bond motifs is 1. The van der Waals surface area contributed by atoms with Gasteiger partial charge in [-0.1, -0.05) is 78.9 Å². The number of nitrogens with zero attached hydrogens (tertiary/aromatic N) is 4. The Morgan fingerprint density at radius 2 is 1.60 bits per heavy atom. The molecule has 0 spiro atoms. The Hall–Kier alpha value is -4.01. The Labute approximate surface area is 268 Å². The molecule has 8 nitrogen and oxygen atoms in total. The van der Waals surface area contributed by atoms with Crippen molar-refractivity contribution in [3.05, 3.63) is 96.1 Å². The monoisotopic (exact) mass is 611 g/mol. The zero-order valence-corrected chi connectivity index (χ0v) is 27.6. The van der Waals surface area contributed by atoms with E-state index in [1.54, 1.807) is 25.1 Å². The van der Waals surface area contributed by atoms with Crippen LogP contribution in [0.5, 0.6) is 0 Å². The van der Waals surface area contributed by atoms with Gasteiger partial charge in [-0.2, -0.15) is 0 Å². The van der Waals surface area contributed by atoms with Gasteiger partial charge in [0.15, 0.2) is 0 Å². The lowest BCUT2D eigenvalue weighted by Crippen LogP contribution is -2.53. The van der Waals surface area contributed by atoms with Gasteiger partial charge >= 0.3 is 0 Å². The molecule has 4 rings (SSSR count). The number of hydrogen-bond donors (Lipinski definition) is 1. The van der Waals surface area contributed by atoms with E-state index in [4.69, 9.17) is 5.73 Å². The molecule has 8 heteroatoms. The summed E-state index contributed by atoms with van der Waals surface area (Å²) >= 11 is 0. The molecule has 45 heavy (non-hydrogen) atoms. The minimum Gasteiger partial charge on any atom is -0.336 e. The first-order valence-corrected chi connectivity index (χ1v) is 15.8. The van der Waals surface area contributed by atoms with Gasteiger partial charge in [0.2, 0.25) is 17.7 Å². The summed E-state index contributed by atoms with van der Waals surface area (Å²) in [7, 11) is 7.37. The van der Waals surface area contributed by atoms with Gasteiger partial charge < -0.3 is 25.3 Å². The van der Waals surface area contributed by atoms with Gasteiger partial charge in [0.05, 0.1) is 0 Å². The molecule has 0 aliphatic carbocycles. The van der Waals surface area contributed by atoms with E-state index in [2.05, 4.69) is 11.0 Å². The van der Waals surface area contributed by atoms with E-state index in [1.807, 2.05) is 99.6 Å². The van der Waals surface area contributed by atoms with Crippen molar-refractivity contribution in [2.45, 2.75) is 63.2 Å². The van der Waals surface area contributed by atoms with E-state index in [9.17, 15) is 14.4 Å². The number of likely N-dealkylation sites (tertiary alicyclic amines) is 1. The van der Waals surface area contributed by atoms with Crippen molar-refractivity contribution in [2.75, 3.05) is 41.3 Å². The van der Waals surface area contributed by atoms with Crippen LogP contribution in [0.3, 0.4) is 0 Å². The maximum atomic E-state index is 14.6. The number of amides is 3. The van der Waals surface area contributed by atoms with Crippen molar-refractivity contribution < 1.29 is 14.4 Å². The van der Waals surface area contributed by atoms with Crippen LogP contribution in [0.1, 0.15) is 50.3 Å². The largest absolute Gasteiger partial charge is 0.336 e. The highest BCUT2D eigenvalue weighted by Gasteiger charge is 2.40. The Bertz CT molecular complexity index is 1500. The Kier molecular flexibility index (Phi) is 11.2. The second-order valence-corrected chi connectivity index (χ2v) is 13.3. The summed E-state index contributed by atoms with van der Waals surface area (Å²) in [5, 5.41) is 2.16. The van der Waals surface area contributed by atoms with Crippen molar-refractivity contribution in [1.82, 2.24) is 19.6 Å². The Balaban J connectivity index is 1.69. The molecule has 3 atom stereocenters. The molecule has 0 radical (unpaired) electrons. The summed E-state index contributed by atoms with van der Waals surface area (Å²) in [6, 6.07) is 22.1. The third kappa shape index (κ3) is 8.80. The summed E-state index contributed by atoms with van der Waals surface area (Å²) in [5.74, 6) is -0.679. The number of nitrogens with two attached hydrogens (primary N) is 1. The number of carbonyl (C=O) groups excluding carboxylic acids is 3. The molecule has 1 heterocycles. The number of hydrogen-bond acceptors (Lipinski definition) is 5. The van der Waals surface area contributed by atoms with Gasteiger partial charge in [-0.25, -0.2) is 0 Å².